The van der Waals surface area contributed by atoms with Crippen molar-refractivity contribution in [1.29, 1.82) is 0 Å². The average Bonchev–Trinajstić information content (AvgIpc) is 2.70. The van der Waals surface area contributed by atoms with Crippen molar-refractivity contribution in [3.05, 3.63) is 90.0 Å². The van der Waals surface area contributed by atoms with E-state index in [4.69, 9.17) is 0 Å². The Morgan fingerprint density at radius 2 is 1.57 bits per heavy atom. The molecule has 2 amide bonds. The second-order valence-corrected chi connectivity index (χ2v) is 7.37. The average molecular weight is 371 g/mol. The number of fused-ring (bicyclic) bond motifs is 1. The Kier molecular flexibility index (Phi) is 5.02. The highest BCUT2D eigenvalue weighted by Gasteiger charge is 2.33. The van der Waals surface area contributed by atoms with E-state index in [1.54, 1.807) is 0 Å². The van der Waals surface area contributed by atoms with Gasteiger partial charge in [-0.2, -0.15) is 0 Å². The molecule has 1 aliphatic heterocycles. The number of rotatable bonds is 3. The van der Waals surface area contributed by atoms with Crippen molar-refractivity contribution >= 4 is 23.1 Å². The molecule has 28 heavy (non-hydrogen) atoms. The van der Waals surface area contributed by atoms with Gasteiger partial charge in [0.2, 0.25) is 0 Å². The number of anilines is 3. The molecular weight excluding hydrogens is 346 g/mol. The van der Waals surface area contributed by atoms with Crippen molar-refractivity contribution in [2.24, 2.45) is 0 Å². The van der Waals surface area contributed by atoms with Crippen LogP contribution in [-0.4, -0.2) is 12.1 Å². The number of nitrogens with zero attached hydrogens (tertiary/aromatic N) is 1. The molecule has 0 bridgehead atoms. The Morgan fingerprint density at radius 3 is 2.32 bits per heavy atom. The predicted molar refractivity (Wildman–Crippen MR) is 116 cm³/mol. The maximum absolute atomic E-state index is 13.1. The van der Waals surface area contributed by atoms with Crippen LogP contribution in [0.4, 0.5) is 21.9 Å². The number of nitrogens with one attached hydrogen (secondary N) is 2. The minimum atomic E-state index is -0.0954. The highest BCUT2D eigenvalue weighted by Crippen LogP contribution is 2.39. The van der Waals surface area contributed by atoms with E-state index >= 15 is 0 Å². The van der Waals surface area contributed by atoms with Crippen molar-refractivity contribution in [2.45, 2.75) is 32.4 Å². The third-order valence-electron chi connectivity index (χ3n) is 5.23. The van der Waals surface area contributed by atoms with Crippen LogP contribution in [-0.2, 0) is 0 Å². The smallest absolute Gasteiger partial charge is 0.326 e. The standard InChI is InChI=1S/C24H25N3O/c1-17-12-14-20(15-13-17)26-24(28)27-18(2)16-22(21-10-6-7-11-23(21)27)25-19-8-4-3-5-9-19/h3-15,18,22,25H,16H2,1-2H3,(H,26,28)/t18-,22+/m1/s1. The molecule has 4 nitrogen and oxygen atoms in total. The first-order valence-electron chi connectivity index (χ1n) is 9.69. The zero-order chi connectivity index (χ0) is 19.5. The molecule has 0 radical (unpaired) electrons. The monoisotopic (exact) mass is 371 g/mol. The van der Waals surface area contributed by atoms with Crippen LogP contribution in [0.2, 0.25) is 0 Å². The van der Waals surface area contributed by atoms with Crippen molar-refractivity contribution in [3.63, 3.8) is 0 Å². The number of aryl methyl sites for hydroxylation is 1. The van der Waals surface area contributed by atoms with Crippen molar-refractivity contribution in [1.82, 2.24) is 0 Å². The number of para-hydroxylation sites is 2. The quantitative estimate of drug-likeness (QED) is 0.595. The highest BCUT2D eigenvalue weighted by atomic mass is 16.2. The zero-order valence-electron chi connectivity index (χ0n) is 16.2. The van der Waals surface area contributed by atoms with Gasteiger partial charge >= 0.3 is 6.03 Å². The zero-order valence-corrected chi connectivity index (χ0v) is 16.2. The van der Waals surface area contributed by atoms with E-state index in [9.17, 15) is 4.79 Å². The van der Waals surface area contributed by atoms with Crippen LogP contribution in [0.25, 0.3) is 0 Å². The molecule has 3 aromatic carbocycles. The number of amides is 2. The molecule has 0 fully saturated rings. The number of hydrogen-bond donors (Lipinski definition) is 2. The fourth-order valence-corrected chi connectivity index (χ4v) is 3.81. The Balaban J connectivity index is 1.60. The minimum Gasteiger partial charge on any atom is -0.378 e. The molecule has 0 unspecified atom stereocenters. The fourth-order valence-electron chi connectivity index (χ4n) is 3.81. The van der Waals surface area contributed by atoms with Crippen molar-refractivity contribution in [3.8, 4) is 0 Å². The summed E-state index contributed by atoms with van der Waals surface area (Å²) in [6, 6.07) is 26.4. The van der Waals surface area contributed by atoms with Gasteiger partial charge in [-0.1, -0.05) is 54.1 Å². The first-order valence-corrected chi connectivity index (χ1v) is 9.69. The molecule has 3 aromatic rings. The summed E-state index contributed by atoms with van der Waals surface area (Å²) in [5.74, 6) is 0. The summed E-state index contributed by atoms with van der Waals surface area (Å²) in [5.41, 5.74) is 5.17. The van der Waals surface area contributed by atoms with Gasteiger partial charge in [0, 0.05) is 17.4 Å². The van der Waals surface area contributed by atoms with Crippen LogP contribution in [0.1, 0.15) is 30.5 Å². The normalized spacial score (nSPS) is 18.3. The van der Waals surface area contributed by atoms with E-state index in [1.165, 1.54) is 5.56 Å². The third kappa shape index (κ3) is 3.72. The van der Waals surface area contributed by atoms with E-state index in [1.807, 2.05) is 72.5 Å². The number of benzene rings is 3. The second-order valence-electron chi connectivity index (χ2n) is 7.37. The van der Waals surface area contributed by atoms with Gasteiger partial charge in [-0.15, -0.1) is 0 Å². The molecule has 0 aromatic heterocycles. The maximum Gasteiger partial charge on any atom is 0.326 e. The highest BCUT2D eigenvalue weighted by molar-refractivity contribution is 6.03. The van der Waals surface area contributed by atoms with E-state index in [0.717, 1.165) is 29.0 Å². The van der Waals surface area contributed by atoms with Crippen LogP contribution in [0.15, 0.2) is 78.9 Å². The Labute approximate surface area is 166 Å². The van der Waals surface area contributed by atoms with Gasteiger partial charge in [0.15, 0.2) is 0 Å². The number of hydrogen-bond acceptors (Lipinski definition) is 2. The molecule has 0 aliphatic carbocycles. The van der Waals surface area contributed by atoms with Gasteiger partial charge in [-0.3, -0.25) is 4.90 Å². The Hall–Kier alpha value is -3.27. The van der Waals surface area contributed by atoms with Gasteiger partial charge in [-0.05, 0) is 56.2 Å². The molecule has 2 N–H and O–H groups in total. The lowest BCUT2D eigenvalue weighted by molar-refractivity contribution is 0.254. The minimum absolute atomic E-state index is 0.0709. The second kappa shape index (κ2) is 7.77. The van der Waals surface area contributed by atoms with Gasteiger partial charge in [0.1, 0.15) is 0 Å². The lowest BCUT2D eigenvalue weighted by atomic mass is 9.91. The van der Waals surface area contributed by atoms with Crippen LogP contribution in [0, 0.1) is 6.92 Å². The summed E-state index contributed by atoms with van der Waals surface area (Å²) in [4.78, 5) is 15.0. The van der Waals surface area contributed by atoms with Crippen LogP contribution in [0.5, 0.6) is 0 Å². The largest absolute Gasteiger partial charge is 0.378 e. The van der Waals surface area contributed by atoms with E-state index in [2.05, 4.69) is 35.8 Å². The Morgan fingerprint density at radius 1 is 0.893 bits per heavy atom. The lowest BCUT2D eigenvalue weighted by Gasteiger charge is -2.39. The van der Waals surface area contributed by atoms with Gasteiger partial charge in [0.25, 0.3) is 0 Å². The van der Waals surface area contributed by atoms with Crippen LogP contribution in [0.3, 0.4) is 0 Å². The molecule has 0 saturated heterocycles. The molecule has 142 valence electrons. The molecule has 0 spiro atoms. The molecule has 0 saturated carbocycles. The molecule has 4 rings (SSSR count). The first-order chi connectivity index (χ1) is 13.6. The summed E-state index contributed by atoms with van der Waals surface area (Å²) < 4.78 is 0. The van der Waals surface area contributed by atoms with Crippen molar-refractivity contribution in [2.75, 3.05) is 15.5 Å². The fraction of sp³-hybridized carbons (Fsp3) is 0.208. The summed E-state index contributed by atoms with van der Waals surface area (Å²) in [5, 5.41) is 6.67. The van der Waals surface area contributed by atoms with E-state index in [-0.39, 0.29) is 18.1 Å². The number of carbonyl (C=O) groups excluding carboxylic acids is 1. The maximum atomic E-state index is 13.1. The molecule has 4 heteroatoms. The molecule has 1 heterocycles. The van der Waals surface area contributed by atoms with Gasteiger partial charge in [0.05, 0.1) is 11.7 Å². The summed E-state index contributed by atoms with van der Waals surface area (Å²) in [6.45, 7) is 4.14. The van der Waals surface area contributed by atoms with Gasteiger partial charge < -0.3 is 10.6 Å². The SMILES string of the molecule is Cc1ccc(NC(=O)N2c3ccccc3[C@@H](Nc3ccccc3)C[C@H]2C)cc1. The lowest BCUT2D eigenvalue weighted by Crippen LogP contribution is -2.46. The summed E-state index contributed by atoms with van der Waals surface area (Å²) >= 11 is 0. The molecule has 2 atom stereocenters. The third-order valence-corrected chi connectivity index (χ3v) is 5.23. The summed E-state index contributed by atoms with van der Waals surface area (Å²) in [6.07, 6.45) is 0.841. The van der Waals surface area contributed by atoms with Crippen molar-refractivity contribution < 1.29 is 4.79 Å². The van der Waals surface area contributed by atoms with Crippen LogP contribution < -0.4 is 15.5 Å². The van der Waals surface area contributed by atoms with Gasteiger partial charge in [-0.25, -0.2) is 4.79 Å². The van der Waals surface area contributed by atoms with Crippen LogP contribution >= 0.6 is 0 Å². The topological polar surface area (TPSA) is 44.4 Å². The van der Waals surface area contributed by atoms with E-state index in [0.29, 0.717) is 0 Å². The predicted octanol–water partition coefficient (Wildman–Crippen LogP) is 5.98. The Bertz CT molecular complexity index is 953. The number of carbonyl (C=O) groups is 1. The number of urea groups is 1. The van der Waals surface area contributed by atoms with E-state index < -0.39 is 0 Å². The summed E-state index contributed by atoms with van der Waals surface area (Å²) in [7, 11) is 0. The first kappa shape index (κ1) is 18.1. The molecular formula is C24H25N3O. The molecule has 1 aliphatic rings.